The predicted molar refractivity (Wildman–Crippen MR) is 130 cm³/mol. The second-order valence-corrected chi connectivity index (χ2v) is 11.5. The molecule has 0 saturated carbocycles. The molecule has 34 heavy (non-hydrogen) atoms. The molecule has 3 unspecified atom stereocenters. The number of benzene rings is 2. The molecule has 2 aromatic carbocycles. The van der Waals surface area contributed by atoms with Crippen LogP contribution in [-0.2, 0) is 25.9 Å². The van der Waals surface area contributed by atoms with Crippen LogP contribution in [0, 0.1) is 5.82 Å². The summed E-state index contributed by atoms with van der Waals surface area (Å²) in [5, 5.41) is 2.93. The lowest BCUT2D eigenvalue weighted by Gasteiger charge is -2.37. The van der Waals surface area contributed by atoms with Crippen LogP contribution in [0.3, 0.4) is 0 Å². The van der Waals surface area contributed by atoms with E-state index in [1.165, 1.54) is 6.07 Å². The highest BCUT2D eigenvalue weighted by Crippen LogP contribution is 2.26. The number of carbonyl (C=O) groups is 1. The van der Waals surface area contributed by atoms with Crippen LogP contribution < -0.4 is 10.2 Å². The van der Waals surface area contributed by atoms with E-state index in [0.29, 0.717) is 37.4 Å². The molecular formula is C25H32FN3O4S. The normalized spacial score (nSPS) is 23.9. The van der Waals surface area contributed by atoms with E-state index < -0.39 is 15.9 Å². The molecule has 2 aliphatic heterocycles. The van der Waals surface area contributed by atoms with Gasteiger partial charge in [-0.2, -0.15) is 0 Å². The number of halogens is 1. The van der Waals surface area contributed by atoms with Gasteiger partial charge in [0.1, 0.15) is 11.9 Å². The van der Waals surface area contributed by atoms with Crippen molar-refractivity contribution in [3.05, 3.63) is 65.5 Å². The highest BCUT2D eigenvalue weighted by atomic mass is 32.2. The lowest BCUT2D eigenvalue weighted by molar-refractivity contribution is -0.126. The molecule has 1 N–H and O–H groups in total. The topological polar surface area (TPSA) is 79.0 Å². The summed E-state index contributed by atoms with van der Waals surface area (Å²) >= 11 is 0. The van der Waals surface area contributed by atoms with Gasteiger partial charge >= 0.3 is 0 Å². The van der Waals surface area contributed by atoms with Gasteiger partial charge in [-0.3, -0.25) is 9.69 Å². The van der Waals surface area contributed by atoms with Crippen molar-refractivity contribution in [3.8, 4) is 0 Å². The second kappa shape index (κ2) is 10.4. The molecule has 9 heteroatoms. The highest BCUT2D eigenvalue weighted by Gasteiger charge is 2.32. The number of nitrogens with zero attached hydrogens (tertiary/aromatic N) is 2. The van der Waals surface area contributed by atoms with Crippen LogP contribution in [0.25, 0.3) is 0 Å². The lowest BCUT2D eigenvalue weighted by atomic mass is 10.0. The summed E-state index contributed by atoms with van der Waals surface area (Å²) in [6.07, 6.45) is 0.0589. The van der Waals surface area contributed by atoms with Crippen molar-refractivity contribution >= 4 is 21.4 Å². The van der Waals surface area contributed by atoms with Crippen molar-refractivity contribution in [2.75, 3.05) is 42.6 Å². The molecule has 4 rings (SSSR count). The van der Waals surface area contributed by atoms with Gasteiger partial charge in [-0.1, -0.05) is 36.4 Å². The maximum Gasteiger partial charge on any atom is 0.242 e. The fraction of sp³-hybridized carbons (Fsp3) is 0.480. The number of rotatable bonds is 6. The van der Waals surface area contributed by atoms with Gasteiger partial charge in [0.15, 0.2) is 9.84 Å². The molecule has 0 bridgehead atoms. The molecule has 0 aromatic heterocycles. The standard InChI is InChI=1S/C25H32FN3O4S/c1-18-16-29(17-19(2)33-18)23-9-8-20(14-22(23)26)15-27-25(30)24(21-6-4-3-5-7-21)28-10-12-34(31,32)13-11-28/h3-9,14,18-19,24H,10-13,15-17H2,1-2H3,(H,27,30). The Bertz CT molecular complexity index is 1090. The number of nitrogens with one attached hydrogen (secondary N) is 1. The van der Waals surface area contributed by atoms with Crippen molar-refractivity contribution in [3.63, 3.8) is 0 Å². The Morgan fingerprint density at radius 1 is 1.09 bits per heavy atom. The first-order chi connectivity index (χ1) is 16.2. The Morgan fingerprint density at radius 2 is 1.74 bits per heavy atom. The summed E-state index contributed by atoms with van der Waals surface area (Å²) in [5.41, 5.74) is 2.00. The maximum atomic E-state index is 14.9. The number of morpholine rings is 1. The molecular weight excluding hydrogens is 457 g/mol. The molecule has 3 atom stereocenters. The third-order valence-corrected chi connectivity index (χ3v) is 7.96. The van der Waals surface area contributed by atoms with Crippen LogP contribution >= 0.6 is 0 Å². The van der Waals surface area contributed by atoms with Gasteiger partial charge in [0.05, 0.1) is 29.4 Å². The first-order valence-corrected chi connectivity index (χ1v) is 13.5. The summed E-state index contributed by atoms with van der Waals surface area (Å²) in [6, 6.07) is 13.8. The van der Waals surface area contributed by atoms with Crippen LogP contribution in [0.2, 0.25) is 0 Å². The average molecular weight is 490 g/mol. The zero-order valence-corrected chi connectivity index (χ0v) is 20.4. The van der Waals surface area contributed by atoms with E-state index in [1.807, 2.05) is 60.0 Å². The van der Waals surface area contributed by atoms with Crippen molar-refractivity contribution in [1.82, 2.24) is 10.2 Å². The number of amides is 1. The number of carbonyl (C=O) groups excluding carboxylic acids is 1. The van der Waals surface area contributed by atoms with Crippen LogP contribution in [0.5, 0.6) is 0 Å². The lowest BCUT2D eigenvalue weighted by Crippen LogP contribution is -2.47. The summed E-state index contributed by atoms with van der Waals surface area (Å²) in [4.78, 5) is 17.1. The Hall–Kier alpha value is -2.49. The second-order valence-electron chi connectivity index (χ2n) is 9.17. The minimum absolute atomic E-state index is 0.0295. The number of sulfone groups is 1. The van der Waals surface area contributed by atoms with E-state index in [2.05, 4.69) is 5.32 Å². The highest BCUT2D eigenvalue weighted by molar-refractivity contribution is 7.91. The van der Waals surface area contributed by atoms with Crippen molar-refractivity contribution in [2.45, 2.75) is 38.6 Å². The third kappa shape index (κ3) is 5.95. The molecule has 2 heterocycles. The van der Waals surface area contributed by atoms with Crippen LogP contribution in [-0.4, -0.2) is 69.1 Å². The smallest absolute Gasteiger partial charge is 0.242 e. The molecule has 184 valence electrons. The van der Waals surface area contributed by atoms with E-state index in [4.69, 9.17) is 4.74 Å². The summed E-state index contributed by atoms with van der Waals surface area (Å²) in [7, 11) is -3.06. The van der Waals surface area contributed by atoms with E-state index in [1.54, 1.807) is 6.07 Å². The minimum atomic E-state index is -3.06. The molecule has 7 nitrogen and oxygen atoms in total. The Balaban J connectivity index is 1.45. The van der Waals surface area contributed by atoms with Gasteiger partial charge < -0.3 is 15.0 Å². The Morgan fingerprint density at radius 3 is 2.35 bits per heavy atom. The predicted octanol–water partition coefficient (Wildman–Crippen LogP) is 2.53. The molecule has 2 aromatic rings. The molecule has 1 amide bonds. The molecule has 0 aliphatic carbocycles. The minimum Gasteiger partial charge on any atom is -0.372 e. The zero-order valence-electron chi connectivity index (χ0n) is 19.6. The Kier molecular flexibility index (Phi) is 7.54. The number of hydrogen-bond donors (Lipinski definition) is 1. The number of ether oxygens (including phenoxy) is 1. The van der Waals surface area contributed by atoms with Crippen molar-refractivity contribution in [2.24, 2.45) is 0 Å². The molecule has 0 spiro atoms. The average Bonchev–Trinajstić information content (AvgIpc) is 2.79. The van der Waals surface area contributed by atoms with E-state index >= 15 is 0 Å². The van der Waals surface area contributed by atoms with Gasteiger partial charge in [-0.05, 0) is 37.1 Å². The summed E-state index contributed by atoms with van der Waals surface area (Å²) < 4.78 is 44.4. The maximum absolute atomic E-state index is 14.9. The van der Waals surface area contributed by atoms with Gasteiger partial charge in [0.25, 0.3) is 0 Å². The van der Waals surface area contributed by atoms with E-state index in [-0.39, 0.29) is 42.0 Å². The van der Waals surface area contributed by atoms with Gasteiger partial charge in [-0.25, -0.2) is 12.8 Å². The van der Waals surface area contributed by atoms with Gasteiger partial charge in [0.2, 0.25) is 5.91 Å². The Labute approximate surface area is 200 Å². The number of anilines is 1. The monoisotopic (exact) mass is 489 g/mol. The fourth-order valence-corrected chi connectivity index (χ4v) is 5.95. The first-order valence-electron chi connectivity index (χ1n) is 11.7. The zero-order chi connectivity index (χ0) is 24.3. The SMILES string of the molecule is CC1CN(c2ccc(CNC(=O)C(c3ccccc3)N3CCS(=O)(=O)CC3)cc2F)CC(C)O1. The summed E-state index contributed by atoms with van der Waals surface area (Å²) in [6.45, 7) is 5.99. The van der Waals surface area contributed by atoms with E-state index in [0.717, 1.165) is 5.56 Å². The fourth-order valence-electron chi connectivity index (χ4n) is 4.73. The van der Waals surface area contributed by atoms with Crippen molar-refractivity contribution in [1.29, 1.82) is 0 Å². The molecule has 2 saturated heterocycles. The number of hydrogen-bond acceptors (Lipinski definition) is 6. The largest absolute Gasteiger partial charge is 0.372 e. The van der Waals surface area contributed by atoms with Crippen LogP contribution in [0.15, 0.2) is 48.5 Å². The third-order valence-electron chi connectivity index (χ3n) is 6.35. The molecule has 0 radical (unpaired) electrons. The van der Waals surface area contributed by atoms with Crippen molar-refractivity contribution < 1.29 is 22.3 Å². The first kappa shape index (κ1) is 24.6. The van der Waals surface area contributed by atoms with Crippen LogP contribution in [0.4, 0.5) is 10.1 Å². The quantitative estimate of drug-likeness (QED) is 0.672. The van der Waals surface area contributed by atoms with Gasteiger partial charge in [-0.15, -0.1) is 0 Å². The molecule has 2 fully saturated rings. The van der Waals surface area contributed by atoms with Crippen LogP contribution in [0.1, 0.15) is 31.0 Å². The molecule has 2 aliphatic rings. The summed E-state index contributed by atoms with van der Waals surface area (Å²) in [5.74, 6) is -0.482. The van der Waals surface area contributed by atoms with E-state index in [9.17, 15) is 17.6 Å². The van der Waals surface area contributed by atoms with Gasteiger partial charge in [0, 0.05) is 32.7 Å².